The molecule has 0 amide bonds. The highest BCUT2D eigenvalue weighted by Gasteiger charge is 2.56. The number of carbonyl (C=O) groups is 1. The van der Waals surface area contributed by atoms with Crippen LogP contribution in [-0.2, 0) is 9.53 Å². The molecule has 3 heteroatoms. The van der Waals surface area contributed by atoms with E-state index in [1.807, 2.05) is 0 Å². The van der Waals surface area contributed by atoms with Gasteiger partial charge in [-0.15, -0.1) is 0 Å². The van der Waals surface area contributed by atoms with Gasteiger partial charge < -0.3 is 4.74 Å². The first kappa shape index (κ1) is 7.25. The Kier molecular flexibility index (Phi) is 1.50. The van der Waals surface area contributed by atoms with Crippen LogP contribution in [0.4, 0.5) is 4.39 Å². The first-order valence-electron chi connectivity index (χ1n) is 3.15. The maximum atomic E-state index is 12.9. The lowest BCUT2D eigenvalue weighted by atomic mass is 10.4. The van der Waals surface area contributed by atoms with Gasteiger partial charge in [0, 0.05) is 6.42 Å². The molecule has 1 fully saturated rings. The van der Waals surface area contributed by atoms with E-state index in [1.54, 1.807) is 6.92 Å². The third kappa shape index (κ3) is 0.916. The van der Waals surface area contributed by atoms with Crippen molar-refractivity contribution in [3.8, 4) is 0 Å². The van der Waals surface area contributed by atoms with E-state index in [4.69, 9.17) is 0 Å². The van der Waals surface area contributed by atoms with E-state index in [1.165, 1.54) is 0 Å². The summed E-state index contributed by atoms with van der Waals surface area (Å²) in [5, 5.41) is 0. The minimum atomic E-state index is -1.84. The average molecular weight is 144 g/mol. The third-order valence-electron chi connectivity index (χ3n) is 1.49. The molecule has 2 nitrogen and oxygen atoms in total. The number of esters is 1. The van der Waals surface area contributed by atoms with Crippen LogP contribution in [0.1, 0.15) is 13.3 Å². The summed E-state index contributed by atoms with van der Waals surface area (Å²) in [7, 11) is 0. The number of hydrogen-bond acceptors (Lipinski definition) is 2. The van der Waals surface area contributed by atoms with Crippen LogP contribution < -0.4 is 0 Å². The Balaban J connectivity index is 2.50. The molecule has 1 saturated carbocycles. The van der Waals surface area contributed by atoms with E-state index in [0.717, 1.165) is 0 Å². The Hall–Kier alpha value is -0.860. The first-order chi connectivity index (χ1) is 4.61. The Morgan fingerprint density at radius 3 is 2.80 bits per heavy atom. The predicted molar refractivity (Wildman–Crippen MR) is 34.2 cm³/mol. The van der Waals surface area contributed by atoms with Gasteiger partial charge in [0.05, 0.1) is 6.61 Å². The van der Waals surface area contributed by atoms with Crippen LogP contribution in [-0.4, -0.2) is 18.2 Å². The minimum absolute atomic E-state index is 0.131. The molecule has 0 aromatic heterocycles. The maximum absolute atomic E-state index is 12.9. The Labute approximate surface area is 58.7 Å². The second kappa shape index (κ2) is 2.08. The standard InChI is InChI=1S/C7H9FO2/c1-3-10-6(9)7(8)4-5(7)2/h2-4H2,1H3. The number of ether oxygens (including phenoxy) is 1. The predicted octanol–water partition coefficient (Wildman–Crippen LogP) is 1.22. The highest BCUT2D eigenvalue weighted by molar-refractivity contribution is 5.89. The van der Waals surface area contributed by atoms with Crippen molar-refractivity contribution in [2.75, 3.05) is 6.61 Å². The van der Waals surface area contributed by atoms with E-state index in [-0.39, 0.29) is 13.0 Å². The molecule has 1 aliphatic carbocycles. The molecule has 10 heavy (non-hydrogen) atoms. The molecular formula is C7H9FO2. The van der Waals surface area contributed by atoms with E-state index >= 15 is 0 Å². The van der Waals surface area contributed by atoms with Crippen molar-refractivity contribution in [1.82, 2.24) is 0 Å². The molecule has 1 atom stereocenters. The summed E-state index contributed by atoms with van der Waals surface area (Å²) in [5.41, 5.74) is -1.51. The number of alkyl halides is 1. The van der Waals surface area contributed by atoms with Gasteiger partial charge in [-0.25, -0.2) is 9.18 Å². The van der Waals surface area contributed by atoms with Gasteiger partial charge in [-0.2, -0.15) is 0 Å². The van der Waals surface area contributed by atoms with Gasteiger partial charge in [0.15, 0.2) is 0 Å². The largest absolute Gasteiger partial charge is 0.463 e. The van der Waals surface area contributed by atoms with Crippen LogP contribution in [0.3, 0.4) is 0 Å². The molecule has 0 aromatic rings. The van der Waals surface area contributed by atoms with Crippen LogP contribution >= 0.6 is 0 Å². The molecule has 0 radical (unpaired) electrons. The Morgan fingerprint density at radius 2 is 2.50 bits per heavy atom. The van der Waals surface area contributed by atoms with Crippen LogP contribution in [0.2, 0.25) is 0 Å². The second-order valence-electron chi connectivity index (χ2n) is 2.30. The Bertz CT molecular complexity index is 188. The third-order valence-corrected chi connectivity index (χ3v) is 1.49. The molecule has 1 aliphatic rings. The molecule has 0 bridgehead atoms. The van der Waals surface area contributed by atoms with Crippen molar-refractivity contribution >= 4 is 5.97 Å². The van der Waals surface area contributed by atoms with E-state index < -0.39 is 11.6 Å². The fourth-order valence-electron chi connectivity index (χ4n) is 0.712. The van der Waals surface area contributed by atoms with Gasteiger partial charge in [0.2, 0.25) is 5.67 Å². The lowest BCUT2D eigenvalue weighted by Crippen LogP contribution is -2.20. The SMILES string of the molecule is C=C1CC1(F)C(=O)OCC. The molecule has 0 heterocycles. The monoisotopic (exact) mass is 144 g/mol. The normalized spacial score (nSPS) is 30.0. The summed E-state index contributed by atoms with van der Waals surface area (Å²) in [6.07, 6.45) is 0.131. The fraction of sp³-hybridized carbons (Fsp3) is 0.571. The topological polar surface area (TPSA) is 26.3 Å². The van der Waals surface area contributed by atoms with Gasteiger partial charge in [0.25, 0.3) is 0 Å². The lowest BCUT2D eigenvalue weighted by Gasteiger charge is -2.02. The quantitative estimate of drug-likeness (QED) is 0.430. The van der Waals surface area contributed by atoms with Crippen molar-refractivity contribution in [3.05, 3.63) is 12.2 Å². The molecule has 0 spiro atoms. The molecule has 56 valence electrons. The first-order valence-corrected chi connectivity index (χ1v) is 3.15. The Morgan fingerprint density at radius 1 is 2.00 bits per heavy atom. The molecule has 0 N–H and O–H groups in total. The molecule has 0 aliphatic heterocycles. The van der Waals surface area contributed by atoms with Crippen LogP contribution in [0.15, 0.2) is 12.2 Å². The van der Waals surface area contributed by atoms with Crippen LogP contribution in [0.25, 0.3) is 0 Å². The zero-order chi connectivity index (χ0) is 7.78. The summed E-state index contributed by atoms with van der Waals surface area (Å²) in [6, 6.07) is 0. The molecular weight excluding hydrogens is 135 g/mol. The molecule has 1 rings (SSSR count). The van der Waals surface area contributed by atoms with Gasteiger partial charge in [-0.05, 0) is 12.5 Å². The molecule has 1 unspecified atom stereocenters. The zero-order valence-corrected chi connectivity index (χ0v) is 5.82. The van der Waals surface area contributed by atoms with Crippen molar-refractivity contribution in [1.29, 1.82) is 0 Å². The molecule has 0 aromatic carbocycles. The zero-order valence-electron chi connectivity index (χ0n) is 5.82. The number of rotatable bonds is 2. The van der Waals surface area contributed by atoms with Crippen LogP contribution in [0, 0.1) is 0 Å². The van der Waals surface area contributed by atoms with Crippen molar-refractivity contribution in [2.24, 2.45) is 0 Å². The minimum Gasteiger partial charge on any atom is -0.463 e. The van der Waals surface area contributed by atoms with Gasteiger partial charge in [0.1, 0.15) is 0 Å². The van der Waals surface area contributed by atoms with Crippen molar-refractivity contribution < 1.29 is 13.9 Å². The van der Waals surface area contributed by atoms with Crippen molar-refractivity contribution in [2.45, 2.75) is 19.0 Å². The molecule has 0 saturated heterocycles. The summed E-state index contributed by atoms with van der Waals surface area (Å²) >= 11 is 0. The number of halogens is 1. The van der Waals surface area contributed by atoms with E-state index in [9.17, 15) is 9.18 Å². The highest BCUT2D eigenvalue weighted by atomic mass is 19.1. The number of carbonyl (C=O) groups excluding carboxylic acids is 1. The fourth-order valence-corrected chi connectivity index (χ4v) is 0.712. The maximum Gasteiger partial charge on any atom is 0.348 e. The smallest absolute Gasteiger partial charge is 0.348 e. The summed E-state index contributed by atoms with van der Waals surface area (Å²) in [4.78, 5) is 10.7. The summed E-state index contributed by atoms with van der Waals surface area (Å²) in [5.74, 6) is -0.792. The summed E-state index contributed by atoms with van der Waals surface area (Å²) < 4.78 is 17.4. The highest BCUT2D eigenvalue weighted by Crippen LogP contribution is 2.46. The lowest BCUT2D eigenvalue weighted by molar-refractivity contribution is -0.150. The van der Waals surface area contributed by atoms with Crippen molar-refractivity contribution in [3.63, 3.8) is 0 Å². The second-order valence-corrected chi connectivity index (χ2v) is 2.30. The van der Waals surface area contributed by atoms with Crippen LogP contribution in [0.5, 0.6) is 0 Å². The van der Waals surface area contributed by atoms with Gasteiger partial charge in [-0.3, -0.25) is 0 Å². The summed E-state index contributed by atoms with van der Waals surface area (Å²) in [6.45, 7) is 5.21. The van der Waals surface area contributed by atoms with Gasteiger partial charge in [-0.1, -0.05) is 6.58 Å². The van der Waals surface area contributed by atoms with Gasteiger partial charge >= 0.3 is 5.97 Å². The number of hydrogen-bond donors (Lipinski definition) is 0. The average Bonchev–Trinajstić information content (AvgIpc) is 2.43. The van der Waals surface area contributed by atoms with E-state index in [0.29, 0.717) is 5.57 Å². The van der Waals surface area contributed by atoms with E-state index in [2.05, 4.69) is 11.3 Å².